The summed E-state index contributed by atoms with van der Waals surface area (Å²) in [5.41, 5.74) is 2.55. The summed E-state index contributed by atoms with van der Waals surface area (Å²) >= 11 is 1.30. The first-order valence-corrected chi connectivity index (χ1v) is 7.48. The molecular weight excluding hydrogens is 293 g/mol. The zero-order chi connectivity index (χ0) is 14.8. The van der Waals surface area contributed by atoms with Crippen molar-refractivity contribution in [3.8, 4) is 0 Å². The van der Waals surface area contributed by atoms with Gasteiger partial charge in [-0.2, -0.15) is 0 Å². The highest BCUT2D eigenvalue weighted by atomic mass is 32.2. The summed E-state index contributed by atoms with van der Waals surface area (Å²) in [5.74, 6) is 0. The van der Waals surface area contributed by atoms with E-state index in [9.17, 15) is 4.79 Å². The Labute approximate surface area is 124 Å². The van der Waals surface area contributed by atoms with E-state index in [0.29, 0.717) is 5.56 Å². The molecule has 0 aliphatic rings. The van der Waals surface area contributed by atoms with Crippen LogP contribution in [0.15, 0.2) is 54.0 Å². The summed E-state index contributed by atoms with van der Waals surface area (Å²) in [6, 6.07) is 7.42. The summed E-state index contributed by atoms with van der Waals surface area (Å²) < 4.78 is 6.76. The van der Waals surface area contributed by atoms with E-state index in [1.54, 1.807) is 12.1 Å². The van der Waals surface area contributed by atoms with Crippen LogP contribution in [0, 0.1) is 0 Å². The molecule has 106 valence electrons. The van der Waals surface area contributed by atoms with Crippen molar-refractivity contribution in [3.63, 3.8) is 0 Å². The van der Waals surface area contributed by atoms with Gasteiger partial charge in [-0.05, 0) is 36.1 Å². The van der Waals surface area contributed by atoms with Gasteiger partial charge in [0.15, 0.2) is 6.29 Å². The molecule has 0 aliphatic carbocycles. The van der Waals surface area contributed by atoms with Gasteiger partial charge < -0.3 is 0 Å². The lowest BCUT2D eigenvalue weighted by atomic mass is 10.0. The summed E-state index contributed by atoms with van der Waals surface area (Å²) in [5, 5.41) is 8.22. The van der Waals surface area contributed by atoms with E-state index in [1.165, 1.54) is 11.9 Å². The number of nitrogens with one attached hydrogen (secondary N) is 1. The van der Waals surface area contributed by atoms with Crippen molar-refractivity contribution in [2.75, 3.05) is 0 Å². The van der Waals surface area contributed by atoms with E-state index in [1.807, 2.05) is 37.3 Å². The molecule has 1 unspecified atom stereocenters. The summed E-state index contributed by atoms with van der Waals surface area (Å²) in [6.45, 7) is 5.65. The fraction of sp³-hybridized carbons (Fsp3) is 0.0714. The van der Waals surface area contributed by atoms with Crippen molar-refractivity contribution in [1.29, 1.82) is 0 Å². The molecule has 1 aromatic rings. The average molecular weight is 309 g/mol. The summed E-state index contributed by atoms with van der Waals surface area (Å²) in [7, 11) is -0.207. The molecule has 1 rings (SSSR count). The van der Waals surface area contributed by atoms with Gasteiger partial charge in [-0.25, -0.2) is 14.4 Å². The second kappa shape index (κ2) is 9.64. The van der Waals surface area contributed by atoms with Crippen molar-refractivity contribution in [1.82, 2.24) is 4.49 Å². The second-order valence-corrected chi connectivity index (χ2v) is 5.60. The Balaban J connectivity index is 2.86. The van der Waals surface area contributed by atoms with Crippen LogP contribution in [0.4, 0.5) is 0 Å². The van der Waals surface area contributed by atoms with E-state index >= 15 is 0 Å². The molecule has 1 aromatic carbocycles. The lowest BCUT2D eigenvalue weighted by Crippen LogP contribution is -1.89. The number of carbonyl (C=O) groups is 1. The monoisotopic (exact) mass is 309 g/mol. The van der Waals surface area contributed by atoms with Crippen molar-refractivity contribution < 1.29 is 14.7 Å². The number of allylic oxidation sites excluding steroid dienone is 4. The lowest BCUT2D eigenvalue weighted by molar-refractivity contribution is -0.123. The van der Waals surface area contributed by atoms with E-state index in [0.717, 1.165) is 22.3 Å². The SMILES string of the molecule is C=C/C(=C\C=C(/C)c1ccccc1C=O)SNPOO. The number of aldehydes is 1. The van der Waals surface area contributed by atoms with Crippen LogP contribution in [0.1, 0.15) is 22.8 Å². The van der Waals surface area contributed by atoms with E-state index in [-0.39, 0.29) is 8.96 Å². The molecule has 0 fully saturated rings. The van der Waals surface area contributed by atoms with Gasteiger partial charge in [-0.15, -0.1) is 0 Å². The van der Waals surface area contributed by atoms with Crippen molar-refractivity contribution in [3.05, 3.63) is 65.1 Å². The van der Waals surface area contributed by atoms with Crippen LogP contribution in [-0.2, 0) is 4.67 Å². The molecule has 0 bridgehead atoms. The third kappa shape index (κ3) is 5.41. The number of benzene rings is 1. The Hall–Kier alpha value is -1.23. The normalized spacial score (nSPS) is 12.9. The smallest absolute Gasteiger partial charge is 0.150 e. The molecule has 1 atom stereocenters. The van der Waals surface area contributed by atoms with Crippen LogP contribution in [0.3, 0.4) is 0 Å². The molecule has 6 heteroatoms. The van der Waals surface area contributed by atoms with Gasteiger partial charge in [-0.1, -0.05) is 43.0 Å². The first-order valence-electron chi connectivity index (χ1n) is 5.75. The second-order valence-electron chi connectivity index (χ2n) is 3.73. The molecule has 0 aliphatic heterocycles. The number of hydrogen-bond donors (Lipinski definition) is 2. The maximum Gasteiger partial charge on any atom is 0.150 e. The van der Waals surface area contributed by atoms with Crippen molar-refractivity contribution >= 4 is 32.8 Å². The van der Waals surface area contributed by atoms with Crippen LogP contribution in [0.5, 0.6) is 0 Å². The minimum atomic E-state index is -0.207. The summed E-state index contributed by atoms with van der Waals surface area (Å²) in [4.78, 5) is 11.9. The average Bonchev–Trinajstić information content (AvgIpc) is 2.50. The van der Waals surface area contributed by atoms with Gasteiger partial charge in [-0.3, -0.25) is 4.79 Å². The van der Waals surface area contributed by atoms with Gasteiger partial charge >= 0.3 is 0 Å². The zero-order valence-electron chi connectivity index (χ0n) is 11.0. The van der Waals surface area contributed by atoms with Crippen LogP contribution in [0.2, 0.25) is 0 Å². The molecule has 0 spiro atoms. The minimum absolute atomic E-state index is 0.207. The predicted octanol–water partition coefficient (Wildman–Crippen LogP) is 4.21. The highest BCUT2D eigenvalue weighted by molar-refractivity contribution is 8.04. The molecule has 0 saturated carbocycles. The van der Waals surface area contributed by atoms with Crippen LogP contribution in [0.25, 0.3) is 5.57 Å². The van der Waals surface area contributed by atoms with Gasteiger partial charge in [0.2, 0.25) is 0 Å². The Bertz CT molecular complexity index is 529. The van der Waals surface area contributed by atoms with Gasteiger partial charge in [0.05, 0.1) is 0 Å². The lowest BCUT2D eigenvalue weighted by Gasteiger charge is -2.04. The topological polar surface area (TPSA) is 58.6 Å². The summed E-state index contributed by atoms with van der Waals surface area (Å²) in [6.07, 6.45) is 6.33. The first-order chi connectivity index (χ1) is 9.72. The fourth-order valence-electron chi connectivity index (χ4n) is 1.50. The fourth-order valence-corrected chi connectivity index (χ4v) is 2.50. The van der Waals surface area contributed by atoms with Crippen LogP contribution >= 0.6 is 20.9 Å². The maximum absolute atomic E-state index is 11.0. The molecule has 0 radical (unpaired) electrons. The molecule has 0 heterocycles. The van der Waals surface area contributed by atoms with Gasteiger partial charge in [0.1, 0.15) is 8.96 Å². The molecular formula is C14H16NO3PS. The van der Waals surface area contributed by atoms with Crippen LogP contribution < -0.4 is 4.49 Å². The van der Waals surface area contributed by atoms with Gasteiger partial charge in [0.25, 0.3) is 0 Å². The quantitative estimate of drug-likeness (QED) is 0.143. The van der Waals surface area contributed by atoms with Crippen molar-refractivity contribution in [2.45, 2.75) is 6.92 Å². The number of hydrogen-bond acceptors (Lipinski definition) is 5. The highest BCUT2D eigenvalue weighted by Gasteiger charge is 2.01. The van der Waals surface area contributed by atoms with Gasteiger partial charge in [0, 0.05) is 10.5 Å². The Kier molecular flexibility index (Phi) is 8.11. The minimum Gasteiger partial charge on any atom is -0.298 e. The molecule has 4 nitrogen and oxygen atoms in total. The number of rotatable bonds is 8. The molecule has 20 heavy (non-hydrogen) atoms. The predicted molar refractivity (Wildman–Crippen MR) is 86.5 cm³/mol. The Morgan fingerprint density at radius 3 is 2.85 bits per heavy atom. The standard InChI is InChI=1S/C14H16NO3PS/c1-3-13(20-15-19-18-17)9-8-11(2)14-7-5-4-6-12(14)10-16/h3-10,15,17,19H,1H2,2H3/b11-8+,13-9+. The third-order valence-corrected chi connectivity index (χ3v) is 3.84. The zero-order valence-corrected chi connectivity index (χ0v) is 12.8. The largest absolute Gasteiger partial charge is 0.298 e. The molecule has 0 amide bonds. The molecule has 2 N–H and O–H groups in total. The highest BCUT2D eigenvalue weighted by Crippen LogP contribution is 2.22. The van der Waals surface area contributed by atoms with Crippen LogP contribution in [-0.4, -0.2) is 11.5 Å². The van der Waals surface area contributed by atoms with E-state index in [4.69, 9.17) is 5.26 Å². The molecule has 0 aromatic heterocycles. The molecule has 0 saturated heterocycles. The van der Waals surface area contributed by atoms with E-state index in [2.05, 4.69) is 15.7 Å². The number of carbonyl (C=O) groups excluding carboxylic acids is 1. The Morgan fingerprint density at radius 2 is 2.20 bits per heavy atom. The Morgan fingerprint density at radius 1 is 1.45 bits per heavy atom. The first kappa shape index (κ1) is 16.8. The van der Waals surface area contributed by atoms with Crippen molar-refractivity contribution in [2.24, 2.45) is 0 Å². The van der Waals surface area contributed by atoms with E-state index < -0.39 is 0 Å². The maximum atomic E-state index is 11.0. The third-order valence-electron chi connectivity index (χ3n) is 2.47.